The lowest BCUT2D eigenvalue weighted by Crippen LogP contribution is -2.46. The fraction of sp³-hybridized carbons (Fsp3) is 0.346. The zero-order valence-electron chi connectivity index (χ0n) is 19.4. The molecule has 0 aromatic heterocycles. The van der Waals surface area contributed by atoms with Crippen molar-refractivity contribution in [1.82, 2.24) is 5.32 Å². The first-order valence-corrected chi connectivity index (χ1v) is 11.6. The number of nitrogens with zero attached hydrogens (tertiary/aromatic N) is 1. The van der Waals surface area contributed by atoms with Gasteiger partial charge in [-0.05, 0) is 30.0 Å². The molecule has 9 nitrogen and oxygen atoms in total. The van der Waals surface area contributed by atoms with Gasteiger partial charge in [0.25, 0.3) is 5.91 Å². The van der Waals surface area contributed by atoms with Crippen molar-refractivity contribution in [1.29, 1.82) is 5.41 Å². The average Bonchev–Trinajstić information content (AvgIpc) is 3.16. The Morgan fingerprint density at radius 1 is 1.00 bits per heavy atom. The number of carbonyl (C=O) groups is 3. The highest BCUT2D eigenvalue weighted by Crippen LogP contribution is 2.33. The lowest BCUT2D eigenvalue weighted by Gasteiger charge is -2.16. The maximum absolute atomic E-state index is 12.6. The summed E-state index contributed by atoms with van der Waals surface area (Å²) in [6.07, 6.45) is 2.57. The lowest BCUT2D eigenvalue weighted by molar-refractivity contribution is -0.141. The van der Waals surface area contributed by atoms with E-state index in [1.54, 1.807) is 48.5 Å². The number of carboxylic acid groups (broad SMARTS) is 1. The molecule has 9 heteroatoms. The Kier molecular flexibility index (Phi) is 8.86. The Balaban J connectivity index is 1.51. The number of fused-ring (bicyclic) bond motifs is 1. The minimum Gasteiger partial charge on any atom is -0.480 e. The van der Waals surface area contributed by atoms with Crippen molar-refractivity contribution in [2.45, 2.75) is 57.1 Å². The van der Waals surface area contributed by atoms with Crippen LogP contribution in [0.4, 0.5) is 5.69 Å². The number of benzene rings is 2. The van der Waals surface area contributed by atoms with Gasteiger partial charge in [-0.25, -0.2) is 9.79 Å². The summed E-state index contributed by atoms with van der Waals surface area (Å²) in [6, 6.07) is 12.7. The molecule has 6 N–H and O–H groups in total. The summed E-state index contributed by atoms with van der Waals surface area (Å²) in [5.74, 6) is -1.65. The number of nitrogens with one attached hydrogen (secondary N) is 2. The van der Waals surface area contributed by atoms with Crippen LogP contribution in [0.3, 0.4) is 0 Å². The van der Waals surface area contributed by atoms with Crippen molar-refractivity contribution in [3.8, 4) is 0 Å². The van der Waals surface area contributed by atoms with Crippen LogP contribution in [0.15, 0.2) is 53.5 Å². The van der Waals surface area contributed by atoms with Crippen molar-refractivity contribution in [3.63, 3.8) is 0 Å². The zero-order valence-corrected chi connectivity index (χ0v) is 19.4. The van der Waals surface area contributed by atoms with Crippen molar-refractivity contribution in [2.24, 2.45) is 10.7 Å². The molecule has 0 fully saturated rings. The van der Waals surface area contributed by atoms with Gasteiger partial charge in [-0.15, -0.1) is 0 Å². The Labute approximate surface area is 203 Å². The Morgan fingerprint density at radius 3 is 2.31 bits per heavy atom. The van der Waals surface area contributed by atoms with E-state index in [-0.39, 0.29) is 23.8 Å². The number of carbonyl (C=O) groups excluding carboxylic acids is 2. The molecule has 3 rings (SSSR count). The molecular formula is C26H30N4O5. The third-order valence-electron chi connectivity index (χ3n) is 5.83. The summed E-state index contributed by atoms with van der Waals surface area (Å²) in [5.41, 5.74) is 7.70. The van der Waals surface area contributed by atoms with Crippen LogP contribution in [0.1, 0.15) is 54.9 Å². The standard InChI is InChI=1S/C26H30N4O5/c27-22(28)9-3-1-2-6-18(31)14-16-10-12-17(13-11-16)15-21(26(34)35)30-25(33)23-24(32)19-7-4-5-8-20(19)29-23/h4-5,7-8,10-13,21,24,32H,1-3,6,9,14-15H2,(H3,27,28)(H,30,33)(H,34,35)/t21-,24?/m0/s1. The van der Waals surface area contributed by atoms with Crippen LogP contribution in [-0.4, -0.2) is 45.5 Å². The molecule has 184 valence electrons. The molecule has 0 bridgehead atoms. The predicted octanol–water partition coefficient (Wildman–Crippen LogP) is 2.62. The Morgan fingerprint density at radius 2 is 1.66 bits per heavy atom. The highest BCUT2D eigenvalue weighted by Gasteiger charge is 2.32. The van der Waals surface area contributed by atoms with E-state index in [2.05, 4.69) is 10.3 Å². The van der Waals surface area contributed by atoms with Gasteiger partial charge in [-0.2, -0.15) is 0 Å². The van der Waals surface area contributed by atoms with E-state index in [1.807, 2.05) is 0 Å². The van der Waals surface area contributed by atoms with Crippen molar-refractivity contribution in [3.05, 3.63) is 65.2 Å². The van der Waals surface area contributed by atoms with Gasteiger partial charge in [-0.3, -0.25) is 15.0 Å². The minimum atomic E-state index is -1.21. The normalized spacial score (nSPS) is 15.1. The first-order chi connectivity index (χ1) is 16.7. The number of rotatable bonds is 13. The van der Waals surface area contributed by atoms with Gasteiger partial charge in [-0.1, -0.05) is 48.9 Å². The van der Waals surface area contributed by atoms with Gasteiger partial charge >= 0.3 is 5.97 Å². The van der Waals surface area contributed by atoms with Gasteiger partial charge in [0.1, 0.15) is 23.6 Å². The fourth-order valence-corrected chi connectivity index (χ4v) is 3.93. The number of aliphatic hydroxyl groups is 1. The minimum absolute atomic E-state index is 0.0434. The first-order valence-electron chi connectivity index (χ1n) is 11.6. The molecule has 1 amide bonds. The summed E-state index contributed by atoms with van der Waals surface area (Å²) in [4.78, 5) is 40.8. The Hall–Kier alpha value is -3.85. The predicted molar refractivity (Wildman–Crippen MR) is 132 cm³/mol. The number of para-hydroxylation sites is 1. The summed E-state index contributed by atoms with van der Waals surface area (Å²) < 4.78 is 0. The molecule has 1 heterocycles. The number of aliphatic carboxylic acids is 1. The molecular weight excluding hydrogens is 448 g/mol. The number of hydrogen-bond donors (Lipinski definition) is 5. The summed E-state index contributed by atoms with van der Waals surface area (Å²) >= 11 is 0. The van der Waals surface area contributed by atoms with Crippen LogP contribution < -0.4 is 11.1 Å². The Bertz CT molecular complexity index is 1130. The number of carboxylic acids is 1. The van der Waals surface area contributed by atoms with Crippen LogP contribution in [0.2, 0.25) is 0 Å². The van der Waals surface area contributed by atoms with E-state index in [9.17, 15) is 24.6 Å². The van der Waals surface area contributed by atoms with E-state index < -0.39 is 24.0 Å². The number of amides is 1. The molecule has 1 aliphatic heterocycles. The van der Waals surface area contributed by atoms with Gasteiger partial charge < -0.3 is 21.3 Å². The van der Waals surface area contributed by atoms with E-state index in [4.69, 9.17) is 11.1 Å². The number of Topliss-reactive ketones (excluding diaryl/α,β-unsaturated/α-hetero) is 1. The number of nitrogens with two attached hydrogens (primary N) is 1. The van der Waals surface area contributed by atoms with Gasteiger partial charge in [0.05, 0.1) is 11.5 Å². The molecule has 1 unspecified atom stereocenters. The third kappa shape index (κ3) is 7.31. The fourth-order valence-electron chi connectivity index (χ4n) is 3.93. The van der Waals surface area contributed by atoms with Crippen LogP contribution in [0.5, 0.6) is 0 Å². The summed E-state index contributed by atoms with van der Waals surface area (Å²) in [5, 5.41) is 29.6. The number of aliphatic imine (C=N–C) groups is 1. The van der Waals surface area contributed by atoms with E-state index in [1.165, 1.54) is 0 Å². The first kappa shape index (κ1) is 25.8. The second-order valence-corrected chi connectivity index (χ2v) is 8.64. The number of hydrogen-bond acceptors (Lipinski definition) is 6. The number of amidine groups is 1. The molecule has 0 saturated carbocycles. The van der Waals surface area contributed by atoms with E-state index >= 15 is 0 Å². The monoisotopic (exact) mass is 478 g/mol. The molecule has 0 spiro atoms. The molecule has 1 aliphatic rings. The maximum atomic E-state index is 12.6. The molecule has 2 atom stereocenters. The molecule has 0 radical (unpaired) electrons. The topological polar surface area (TPSA) is 166 Å². The van der Waals surface area contributed by atoms with Gasteiger partial charge in [0, 0.05) is 31.2 Å². The molecule has 35 heavy (non-hydrogen) atoms. The van der Waals surface area contributed by atoms with Crippen LogP contribution in [0, 0.1) is 5.41 Å². The van der Waals surface area contributed by atoms with Gasteiger partial charge in [0.2, 0.25) is 0 Å². The summed E-state index contributed by atoms with van der Waals surface area (Å²) in [7, 11) is 0. The largest absolute Gasteiger partial charge is 0.480 e. The highest BCUT2D eigenvalue weighted by molar-refractivity contribution is 6.42. The summed E-state index contributed by atoms with van der Waals surface area (Å²) in [6.45, 7) is 0. The smallest absolute Gasteiger partial charge is 0.326 e. The van der Waals surface area contributed by atoms with Crippen molar-refractivity contribution < 1.29 is 24.6 Å². The number of aliphatic hydroxyl groups excluding tert-OH is 1. The SMILES string of the molecule is N=C(N)CCCCCC(=O)Cc1ccc(C[C@H](NC(=O)C2=Nc3ccccc3C2O)C(=O)O)cc1. The number of ketones is 1. The lowest BCUT2D eigenvalue weighted by atomic mass is 10.00. The zero-order chi connectivity index (χ0) is 25.4. The molecule has 0 aliphatic carbocycles. The number of unbranched alkanes of at least 4 members (excludes halogenated alkanes) is 2. The van der Waals surface area contributed by atoms with Crippen molar-refractivity contribution in [2.75, 3.05) is 0 Å². The third-order valence-corrected chi connectivity index (χ3v) is 5.83. The average molecular weight is 479 g/mol. The van der Waals surface area contributed by atoms with E-state index in [0.717, 1.165) is 24.8 Å². The second-order valence-electron chi connectivity index (χ2n) is 8.64. The van der Waals surface area contributed by atoms with Gasteiger partial charge in [0.15, 0.2) is 0 Å². The highest BCUT2D eigenvalue weighted by atomic mass is 16.4. The molecule has 0 saturated heterocycles. The molecule has 2 aromatic rings. The van der Waals surface area contributed by atoms with Crippen LogP contribution >= 0.6 is 0 Å². The molecule has 2 aromatic carbocycles. The van der Waals surface area contributed by atoms with E-state index in [0.29, 0.717) is 36.1 Å². The van der Waals surface area contributed by atoms with Crippen molar-refractivity contribution >= 4 is 34.9 Å². The van der Waals surface area contributed by atoms with Crippen LogP contribution in [-0.2, 0) is 27.2 Å². The second kappa shape index (κ2) is 12.0. The maximum Gasteiger partial charge on any atom is 0.326 e. The quantitative estimate of drug-likeness (QED) is 0.169. The van der Waals surface area contributed by atoms with Crippen LogP contribution in [0.25, 0.3) is 0 Å².